The molecule has 0 radical (unpaired) electrons. The van der Waals surface area contributed by atoms with Crippen molar-refractivity contribution in [1.29, 1.82) is 0 Å². The average molecular weight is 399 g/mol. The fourth-order valence-electron chi connectivity index (χ4n) is 3.98. The molecule has 1 fully saturated rings. The third-order valence-corrected chi connectivity index (χ3v) is 5.93. The zero-order valence-electron chi connectivity index (χ0n) is 17.2. The molecule has 1 heterocycles. The number of fused-ring (bicyclic) bond motifs is 1. The minimum absolute atomic E-state index is 0.0174. The fraction of sp³-hybridized carbons (Fsp3) is 0.231. The van der Waals surface area contributed by atoms with Crippen molar-refractivity contribution >= 4 is 28.7 Å². The second-order valence-corrected chi connectivity index (χ2v) is 7.91. The second-order valence-electron chi connectivity index (χ2n) is 7.91. The molecule has 0 spiro atoms. The van der Waals surface area contributed by atoms with Gasteiger partial charge in [0.05, 0.1) is 0 Å². The lowest BCUT2D eigenvalue weighted by molar-refractivity contribution is -0.156. The van der Waals surface area contributed by atoms with Crippen LogP contribution in [0.1, 0.15) is 30.9 Å². The van der Waals surface area contributed by atoms with Crippen LogP contribution in [0.15, 0.2) is 78.9 Å². The summed E-state index contributed by atoms with van der Waals surface area (Å²) in [6.45, 7) is 2.93. The number of nitrogens with one attached hydrogen (secondary N) is 1. The van der Waals surface area contributed by atoms with E-state index in [2.05, 4.69) is 23.5 Å². The highest BCUT2D eigenvalue weighted by Crippen LogP contribution is 2.31. The molecule has 3 aromatic rings. The summed E-state index contributed by atoms with van der Waals surface area (Å²) in [6.07, 6.45) is 4.78. The van der Waals surface area contributed by atoms with Crippen molar-refractivity contribution < 1.29 is 9.59 Å². The molecule has 0 aliphatic carbocycles. The summed E-state index contributed by atoms with van der Waals surface area (Å²) in [6, 6.07) is 24.1. The Morgan fingerprint density at radius 3 is 2.50 bits per heavy atom. The van der Waals surface area contributed by atoms with E-state index in [9.17, 15) is 9.59 Å². The molecule has 152 valence electrons. The summed E-state index contributed by atoms with van der Waals surface area (Å²) >= 11 is 0. The molecule has 1 N–H and O–H groups in total. The van der Waals surface area contributed by atoms with Crippen molar-refractivity contribution in [3.8, 4) is 0 Å². The minimum Gasteiger partial charge on any atom is -0.350 e. The summed E-state index contributed by atoms with van der Waals surface area (Å²) in [5.41, 5.74) is 1.36. The lowest BCUT2D eigenvalue weighted by atomic mass is 9.85. The molecule has 1 aliphatic rings. The van der Waals surface area contributed by atoms with Gasteiger partial charge >= 0.3 is 0 Å². The molecule has 3 aromatic carbocycles. The van der Waals surface area contributed by atoms with Crippen molar-refractivity contribution in [1.82, 2.24) is 10.2 Å². The number of nitrogens with zero attached hydrogens (tertiary/aromatic N) is 1. The van der Waals surface area contributed by atoms with Crippen LogP contribution in [0.4, 0.5) is 0 Å². The zero-order chi connectivity index (χ0) is 21.0. The fourth-order valence-corrected chi connectivity index (χ4v) is 3.98. The van der Waals surface area contributed by atoms with E-state index in [0.29, 0.717) is 25.9 Å². The number of hydrogen-bond acceptors (Lipinski definition) is 2. The first-order chi connectivity index (χ1) is 14.6. The quantitative estimate of drug-likeness (QED) is 0.662. The molecule has 30 heavy (non-hydrogen) atoms. The number of carbonyl (C=O) groups is 2. The smallest absolute Gasteiger partial charge is 0.246 e. The van der Waals surface area contributed by atoms with Crippen LogP contribution in [0.3, 0.4) is 0 Å². The van der Waals surface area contributed by atoms with Gasteiger partial charge in [0.25, 0.3) is 0 Å². The van der Waals surface area contributed by atoms with Crippen LogP contribution in [-0.2, 0) is 16.1 Å². The second kappa shape index (κ2) is 8.54. The van der Waals surface area contributed by atoms with E-state index in [1.165, 1.54) is 0 Å². The van der Waals surface area contributed by atoms with E-state index >= 15 is 0 Å². The molecule has 4 heteroatoms. The van der Waals surface area contributed by atoms with Gasteiger partial charge in [-0.3, -0.25) is 9.59 Å². The highest BCUT2D eigenvalue weighted by Gasteiger charge is 2.48. The van der Waals surface area contributed by atoms with Gasteiger partial charge in [0, 0.05) is 19.5 Å². The molecule has 0 aromatic heterocycles. The standard InChI is InChI=1S/C26H26N2O2/c1-26(17-18-28(26)24(29)16-7-11-20-9-3-2-4-10-20)25(30)27-19-22-14-8-13-21-12-5-6-15-23(21)22/h2-15H,16-19H2,1H3,(H,27,30)/b11-7+. The molecule has 1 saturated heterocycles. The molecule has 0 saturated carbocycles. The maximum atomic E-state index is 12.9. The topological polar surface area (TPSA) is 49.4 Å². The summed E-state index contributed by atoms with van der Waals surface area (Å²) < 4.78 is 0. The number of carbonyl (C=O) groups excluding carboxylic acids is 2. The molecule has 1 aliphatic heterocycles. The van der Waals surface area contributed by atoms with Crippen molar-refractivity contribution in [2.45, 2.75) is 31.8 Å². The van der Waals surface area contributed by atoms with Crippen molar-refractivity contribution in [2.75, 3.05) is 6.54 Å². The molecule has 4 rings (SSSR count). The van der Waals surface area contributed by atoms with Crippen molar-refractivity contribution in [3.63, 3.8) is 0 Å². The normalized spacial score (nSPS) is 18.4. The first-order valence-corrected chi connectivity index (χ1v) is 10.3. The van der Waals surface area contributed by atoms with Crippen LogP contribution in [0.25, 0.3) is 16.8 Å². The van der Waals surface area contributed by atoms with Crippen LogP contribution in [0.5, 0.6) is 0 Å². The maximum Gasteiger partial charge on any atom is 0.246 e. The van der Waals surface area contributed by atoms with Crippen LogP contribution < -0.4 is 5.32 Å². The van der Waals surface area contributed by atoms with Gasteiger partial charge in [-0.25, -0.2) is 0 Å². The van der Waals surface area contributed by atoms with Crippen LogP contribution in [0.2, 0.25) is 0 Å². The predicted octanol–water partition coefficient (Wildman–Crippen LogP) is 4.55. The van der Waals surface area contributed by atoms with Gasteiger partial charge in [0.15, 0.2) is 0 Å². The summed E-state index contributed by atoms with van der Waals surface area (Å²) in [7, 11) is 0. The summed E-state index contributed by atoms with van der Waals surface area (Å²) in [5.74, 6) is -0.113. The Morgan fingerprint density at radius 1 is 1.00 bits per heavy atom. The molecular formula is C26H26N2O2. The van der Waals surface area contributed by atoms with E-state index in [1.54, 1.807) is 4.90 Å². The Bertz CT molecular complexity index is 1090. The number of hydrogen-bond donors (Lipinski definition) is 1. The largest absolute Gasteiger partial charge is 0.350 e. The first kappa shape index (κ1) is 19.9. The van der Waals surface area contributed by atoms with E-state index < -0.39 is 5.54 Å². The zero-order valence-corrected chi connectivity index (χ0v) is 17.2. The monoisotopic (exact) mass is 398 g/mol. The average Bonchev–Trinajstić information content (AvgIpc) is 2.76. The lowest BCUT2D eigenvalue weighted by Gasteiger charge is -2.49. The van der Waals surface area contributed by atoms with Crippen LogP contribution >= 0.6 is 0 Å². The van der Waals surface area contributed by atoms with E-state index in [1.807, 2.05) is 73.7 Å². The van der Waals surface area contributed by atoms with E-state index in [0.717, 1.165) is 21.9 Å². The van der Waals surface area contributed by atoms with Gasteiger partial charge in [-0.15, -0.1) is 0 Å². The van der Waals surface area contributed by atoms with Gasteiger partial charge in [-0.2, -0.15) is 0 Å². The van der Waals surface area contributed by atoms with Crippen molar-refractivity contribution in [3.05, 3.63) is 90.0 Å². The molecule has 1 unspecified atom stereocenters. The van der Waals surface area contributed by atoms with Gasteiger partial charge in [-0.1, -0.05) is 84.9 Å². The Hall–Kier alpha value is -3.40. The van der Waals surface area contributed by atoms with Crippen molar-refractivity contribution in [2.24, 2.45) is 0 Å². The number of rotatable bonds is 6. The van der Waals surface area contributed by atoms with E-state index in [4.69, 9.17) is 0 Å². The molecule has 0 bridgehead atoms. The highest BCUT2D eigenvalue weighted by molar-refractivity contribution is 5.94. The Balaban J connectivity index is 1.37. The van der Waals surface area contributed by atoms with E-state index in [-0.39, 0.29) is 11.8 Å². The van der Waals surface area contributed by atoms with Gasteiger partial charge < -0.3 is 10.2 Å². The summed E-state index contributed by atoms with van der Waals surface area (Å²) in [4.78, 5) is 27.3. The number of benzene rings is 3. The van der Waals surface area contributed by atoms with Gasteiger partial charge in [-0.05, 0) is 35.2 Å². The maximum absolute atomic E-state index is 12.9. The first-order valence-electron chi connectivity index (χ1n) is 10.3. The Labute approximate surface area is 177 Å². The van der Waals surface area contributed by atoms with Gasteiger partial charge in [0.1, 0.15) is 5.54 Å². The third-order valence-electron chi connectivity index (χ3n) is 5.93. The van der Waals surface area contributed by atoms with Gasteiger partial charge in [0.2, 0.25) is 11.8 Å². The Kier molecular flexibility index (Phi) is 5.66. The lowest BCUT2D eigenvalue weighted by Crippen LogP contribution is -2.67. The molecule has 1 atom stereocenters. The summed E-state index contributed by atoms with van der Waals surface area (Å²) in [5, 5.41) is 5.34. The third kappa shape index (κ3) is 3.99. The van der Waals surface area contributed by atoms with Crippen LogP contribution in [-0.4, -0.2) is 28.8 Å². The van der Waals surface area contributed by atoms with Crippen LogP contribution in [0, 0.1) is 0 Å². The number of likely N-dealkylation sites (tertiary alicyclic amines) is 1. The molecular weight excluding hydrogens is 372 g/mol. The predicted molar refractivity (Wildman–Crippen MR) is 121 cm³/mol. The molecule has 2 amide bonds. The Morgan fingerprint density at radius 2 is 1.73 bits per heavy atom. The molecule has 4 nitrogen and oxygen atoms in total. The SMILES string of the molecule is CC1(C(=O)NCc2cccc3ccccc23)CCN1C(=O)C/C=C/c1ccccc1. The highest BCUT2D eigenvalue weighted by atomic mass is 16.2. The number of amides is 2. The minimum atomic E-state index is -0.776.